The van der Waals surface area contributed by atoms with E-state index in [0.717, 1.165) is 5.57 Å². The fourth-order valence-electron chi connectivity index (χ4n) is 1.60. The minimum absolute atomic E-state index is 0.0329. The predicted octanol–water partition coefficient (Wildman–Crippen LogP) is 0.886. The Morgan fingerprint density at radius 3 is 2.86 bits per heavy atom. The first-order chi connectivity index (χ1) is 6.50. The maximum Gasteiger partial charge on any atom is 0.308 e. The van der Waals surface area contributed by atoms with Gasteiger partial charge in [0.2, 0.25) is 5.91 Å². The first-order valence-electron chi connectivity index (χ1n) is 4.65. The highest BCUT2D eigenvalue weighted by Gasteiger charge is 2.29. The molecule has 1 atom stereocenters. The first kappa shape index (κ1) is 10.8. The smallest absolute Gasteiger partial charge is 0.308 e. The standard InChI is InChI=1S/C10H15NO3/c1-7(2)5-11-6-8(10(13)14)3-4-9(11)12/h8H,1,3-6H2,2H3,(H,13,14). The molecule has 78 valence electrons. The molecule has 1 aliphatic heterocycles. The van der Waals surface area contributed by atoms with Gasteiger partial charge in [-0.1, -0.05) is 12.2 Å². The van der Waals surface area contributed by atoms with Crippen molar-refractivity contribution in [2.24, 2.45) is 5.92 Å². The SMILES string of the molecule is C=C(C)CN1CC(C(=O)O)CCC1=O. The van der Waals surface area contributed by atoms with Gasteiger partial charge in [-0.15, -0.1) is 0 Å². The number of hydrogen-bond donors (Lipinski definition) is 1. The first-order valence-corrected chi connectivity index (χ1v) is 4.65. The van der Waals surface area contributed by atoms with Crippen LogP contribution in [0.25, 0.3) is 0 Å². The van der Waals surface area contributed by atoms with Gasteiger partial charge in [0.25, 0.3) is 0 Å². The molecule has 1 rings (SSSR count). The number of carboxylic acid groups (broad SMARTS) is 1. The maximum atomic E-state index is 11.4. The average Bonchev–Trinajstić information content (AvgIpc) is 2.07. The minimum Gasteiger partial charge on any atom is -0.481 e. The third-order valence-corrected chi connectivity index (χ3v) is 2.31. The number of carbonyl (C=O) groups is 2. The third-order valence-electron chi connectivity index (χ3n) is 2.31. The van der Waals surface area contributed by atoms with Crippen LogP contribution in [0.1, 0.15) is 19.8 Å². The molecule has 1 amide bonds. The molecule has 1 unspecified atom stereocenters. The second-order valence-corrected chi connectivity index (χ2v) is 3.81. The van der Waals surface area contributed by atoms with Crippen molar-refractivity contribution in [2.45, 2.75) is 19.8 Å². The van der Waals surface area contributed by atoms with Gasteiger partial charge in [0.1, 0.15) is 0 Å². The minimum atomic E-state index is -0.816. The van der Waals surface area contributed by atoms with Crippen LogP contribution in [0.2, 0.25) is 0 Å². The molecule has 0 aromatic rings. The average molecular weight is 197 g/mol. The Balaban J connectivity index is 2.59. The summed E-state index contributed by atoms with van der Waals surface area (Å²) in [7, 11) is 0. The fraction of sp³-hybridized carbons (Fsp3) is 0.600. The molecule has 0 aliphatic carbocycles. The number of carbonyl (C=O) groups excluding carboxylic acids is 1. The van der Waals surface area contributed by atoms with Crippen molar-refractivity contribution in [3.05, 3.63) is 12.2 Å². The van der Waals surface area contributed by atoms with Crippen molar-refractivity contribution in [2.75, 3.05) is 13.1 Å². The highest BCUT2D eigenvalue weighted by Crippen LogP contribution is 2.18. The summed E-state index contributed by atoms with van der Waals surface area (Å²) in [4.78, 5) is 23.7. The van der Waals surface area contributed by atoms with Crippen LogP contribution in [-0.2, 0) is 9.59 Å². The lowest BCUT2D eigenvalue weighted by molar-refractivity contribution is -0.147. The number of aliphatic carboxylic acids is 1. The van der Waals surface area contributed by atoms with E-state index < -0.39 is 11.9 Å². The largest absolute Gasteiger partial charge is 0.481 e. The van der Waals surface area contributed by atoms with Gasteiger partial charge in [0.05, 0.1) is 5.92 Å². The lowest BCUT2D eigenvalue weighted by Gasteiger charge is -2.30. The molecule has 1 heterocycles. The zero-order valence-electron chi connectivity index (χ0n) is 8.32. The highest BCUT2D eigenvalue weighted by molar-refractivity contribution is 5.80. The lowest BCUT2D eigenvalue weighted by Crippen LogP contribution is -2.43. The summed E-state index contributed by atoms with van der Waals surface area (Å²) in [5.74, 6) is -1.19. The van der Waals surface area contributed by atoms with Crippen LogP contribution in [0.4, 0.5) is 0 Å². The Hall–Kier alpha value is -1.32. The van der Waals surface area contributed by atoms with E-state index >= 15 is 0 Å². The third kappa shape index (κ3) is 2.58. The van der Waals surface area contributed by atoms with E-state index in [-0.39, 0.29) is 5.91 Å². The van der Waals surface area contributed by atoms with E-state index in [9.17, 15) is 9.59 Å². The van der Waals surface area contributed by atoms with Crippen LogP contribution >= 0.6 is 0 Å². The molecule has 0 saturated carbocycles. The van der Waals surface area contributed by atoms with Gasteiger partial charge in [-0.2, -0.15) is 0 Å². The molecule has 0 radical (unpaired) electrons. The molecular weight excluding hydrogens is 182 g/mol. The van der Waals surface area contributed by atoms with E-state index in [1.165, 1.54) is 0 Å². The number of rotatable bonds is 3. The number of carboxylic acids is 1. The number of amides is 1. The zero-order chi connectivity index (χ0) is 10.7. The fourth-order valence-corrected chi connectivity index (χ4v) is 1.60. The topological polar surface area (TPSA) is 57.6 Å². The molecule has 1 saturated heterocycles. The normalized spacial score (nSPS) is 22.2. The lowest BCUT2D eigenvalue weighted by atomic mass is 9.97. The van der Waals surface area contributed by atoms with Crippen LogP contribution in [0.3, 0.4) is 0 Å². The van der Waals surface area contributed by atoms with Crippen molar-refractivity contribution >= 4 is 11.9 Å². The Bertz CT molecular complexity index is 273. The quantitative estimate of drug-likeness (QED) is 0.683. The van der Waals surface area contributed by atoms with Gasteiger partial charge in [0, 0.05) is 19.5 Å². The second kappa shape index (κ2) is 4.26. The van der Waals surface area contributed by atoms with Gasteiger partial charge in [0.15, 0.2) is 0 Å². The molecule has 1 aliphatic rings. The number of likely N-dealkylation sites (tertiary alicyclic amines) is 1. The molecule has 0 spiro atoms. The van der Waals surface area contributed by atoms with E-state index in [1.807, 2.05) is 6.92 Å². The van der Waals surface area contributed by atoms with Gasteiger partial charge in [-0.3, -0.25) is 9.59 Å². The molecule has 4 heteroatoms. The van der Waals surface area contributed by atoms with Crippen molar-refractivity contribution in [1.82, 2.24) is 4.90 Å². The van der Waals surface area contributed by atoms with Crippen molar-refractivity contribution in [3.63, 3.8) is 0 Å². The van der Waals surface area contributed by atoms with Crippen LogP contribution in [0, 0.1) is 5.92 Å². The van der Waals surface area contributed by atoms with Crippen LogP contribution in [0.5, 0.6) is 0 Å². The number of piperidine rings is 1. The van der Waals surface area contributed by atoms with Gasteiger partial charge >= 0.3 is 5.97 Å². The molecule has 14 heavy (non-hydrogen) atoms. The predicted molar refractivity (Wildman–Crippen MR) is 51.8 cm³/mol. The van der Waals surface area contributed by atoms with Gasteiger partial charge < -0.3 is 10.0 Å². The van der Waals surface area contributed by atoms with E-state index in [0.29, 0.717) is 25.9 Å². The van der Waals surface area contributed by atoms with E-state index in [4.69, 9.17) is 5.11 Å². The monoisotopic (exact) mass is 197 g/mol. The molecule has 1 N–H and O–H groups in total. The summed E-state index contributed by atoms with van der Waals surface area (Å²) < 4.78 is 0. The van der Waals surface area contributed by atoms with Crippen molar-refractivity contribution in [1.29, 1.82) is 0 Å². The van der Waals surface area contributed by atoms with Crippen molar-refractivity contribution in [3.8, 4) is 0 Å². The molecule has 0 bridgehead atoms. The zero-order valence-corrected chi connectivity index (χ0v) is 8.32. The summed E-state index contributed by atoms with van der Waals surface area (Å²) in [6.45, 7) is 6.34. The summed E-state index contributed by atoms with van der Waals surface area (Å²) >= 11 is 0. The molecule has 0 aromatic carbocycles. The Morgan fingerprint density at radius 1 is 1.71 bits per heavy atom. The van der Waals surface area contributed by atoms with Crippen LogP contribution < -0.4 is 0 Å². The highest BCUT2D eigenvalue weighted by atomic mass is 16.4. The molecule has 4 nitrogen and oxygen atoms in total. The number of hydrogen-bond acceptors (Lipinski definition) is 2. The number of nitrogens with zero attached hydrogens (tertiary/aromatic N) is 1. The van der Waals surface area contributed by atoms with E-state index in [1.54, 1.807) is 4.90 Å². The van der Waals surface area contributed by atoms with Gasteiger partial charge in [-0.25, -0.2) is 0 Å². The maximum absolute atomic E-state index is 11.4. The molecular formula is C10H15NO3. The molecule has 1 fully saturated rings. The van der Waals surface area contributed by atoms with E-state index in [2.05, 4.69) is 6.58 Å². The Kier molecular flexibility index (Phi) is 3.28. The summed E-state index contributed by atoms with van der Waals surface area (Å²) in [6.07, 6.45) is 0.797. The Labute approximate surface area is 83.2 Å². The summed E-state index contributed by atoms with van der Waals surface area (Å²) in [5, 5.41) is 8.82. The Morgan fingerprint density at radius 2 is 2.36 bits per heavy atom. The van der Waals surface area contributed by atoms with Gasteiger partial charge in [-0.05, 0) is 13.3 Å². The second-order valence-electron chi connectivity index (χ2n) is 3.81. The molecule has 0 aromatic heterocycles. The summed E-state index contributed by atoms with van der Waals surface area (Å²) in [5.41, 5.74) is 0.879. The summed E-state index contributed by atoms with van der Waals surface area (Å²) in [6, 6.07) is 0. The van der Waals surface area contributed by atoms with Crippen LogP contribution in [-0.4, -0.2) is 35.0 Å². The van der Waals surface area contributed by atoms with Crippen LogP contribution in [0.15, 0.2) is 12.2 Å². The van der Waals surface area contributed by atoms with Crippen molar-refractivity contribution < 1.29 is 14.7 Å².